The third-order valence-corrected chi connectivity index (χ3v) is 4.51. The van der Waals surface area contributed by atoms with Gasteiger partial charge in [0.1, 0.15) is 23.9 Å². The van der Waals surface area contributed by atoms with Crippen LogP contribution in [0, 0.1) is 5.82 Å². The van der Waals surface area contributed by atoms with Gasteiger partial charge in [-0.3, -0.25) is 9.69 Å². The molecule has 0 unspecified atom stereocenters. The van der Waals surface area contributed by atoms with Gasteiger partial charge in [-0.05, 0) is 52.7 Å². The average Bonchev–Trinajstić information content (AvgIpc) is 2.88. The van der Waals surface area contributed by atoms with Crippen molar-refractivity contribution in [2.75, 3.05) is 6.54 Å². The lowest BCUT2D eigenvalue weighted by atomic mass is 10.2. The zero-order chi connectivity index (χ0) is 18.7. The van der Waals surface area contributed by atoms with E-state index in [-0.39, 0.29) is 24.0 Å². The molecule has 1 aliphatic heterocycles. The zero-order valence-electron chi connectivity index (χ0n) is 14.0. The number of halogens is 2. The zero-order valence-corrected chi connectivity index (χ0v) is 15.5. The van der Waals surface area contributed by atoms with Gasteiger partial charge in [-0.15, -0.1) is 0 Å². The van der Waals surface area contributed by atoms with Crippen LogP contribution in [0.25, 0.3) is 6.08 Å². The molecule has 26 heavy (non-hydrogen) atoms. The van der Waals surface area contributed by atoms with Crippen molar-refractivity contribution < 1.29 is 18.7 Å². The molecule has 0 bridgehead atoms. The number of urea groups is 1. The molecule has 134 valence electrons. The minimum absolute atomic E-state index is 0.103. The predicted octanol–water partition coefficient (Wildman–Crippen LogP) is 4.08. The molecule has 3 amide bonds. The smallest absolute Gasteiger partial charge is 0.328 e. The van der Waals surface area contributed by atoms with E-state index in [0.29, 0.717) is 22.3 Å². The normalized spacial score (nSPS) is 15.5. The quantitative estimate of drug-likeness (QED) is 0.587. The number of nitrogens with one attached hydrogen (secondary N) is 1. The predicted molar refractivity (Wildman–Crippen MR) is 98.8 cm³/mol. The molecule has 0 aliphatic carbocycles. The van der Waals surface area contributed by atoms with Crippen molar-refractivity contribution in [2.24, 2.45) is 0 Å². The van der Waals surface area contributed by atoms with Crippen LogP contribution in [0.1, 0.15) is 18.1 Å². The van der Waals surface area contributed by atoms with E-state index in [4.69, 9.17) is 4.74 Å². The fourth-order valence-electron chi connectivity index (χ4n) is 2.52. The maximum atomic E-state index is 13.6. The molecule has 0 spiro atoms. The monoisotopic (exact) mass is 418 g/mol. The van der Waals surface area contributed by atoms with Crippen molar-refractivity contribution in [3.63, 3.8) is 0 Å². The van der Waals surface area contributed by atoms with Gasteiger partial charge in [-0.2, -0.15) is 0 Å². The third-order valence-electron chi connectivity index (χ3n) is 3.89. The summed E-state index contributed by atoms with van der Waals surface area (Å²) in [5, 5.41) is 2.55. The molecule has 7 heteroatoms. The Morgan fingerprint density at radius 3 is 2.65 bits per heavy atom. The van der Waals surface area contributed by atoms with Crippen LogP contribution in [0.2, 0.25) is 0 Å². The lowest BCUT2D eigenvalue weighted by molar-refractivity contribution is -0.122. The Hall–Kier alpha value is -2.67. The number of benzene rings is 2. The average molecular weight is 419 g/mol. The van der Waals surface area contributed by atoms with E-state index < -0.39 is 6.03 Å². The number of ether oxygens (including phenoxy) is 1. The molecule has 1 heterocycles. The highest BCUT2D eigenvalue weighted by Gasteiger charge is 2.31. The lowest BCUT2D eigenvalue weighted by Crippen LogP contribution is -2.30. The summed E-state index contributed by atoms with van der Waals surface area (Å²) in [6, 6.07) is 11.2. The SMILES string of the molecule is CCN1C(=O)N/C(=C/c2ccc(OCc3ccccc3F)c(Br)c2)C1=O. The van der Waals surface area contributed by atoms with Gasteiger partial charge < -0.3 is 10.1 Å². The minimum Gasteiger partial charge on any atom is -0.488 e. The number of hydrogen-bond donors (Lipinski definition) is 1. The number of hydrogen-bond acceptors (Lipinski definition) is 3. The van der Waals surface area contributed by atoms with Crippen molar-refractivity contribution >= 4 is 33.9 Å². The number of imide groups is 1. The van der Waals surface area contributed by atoms with Gasteiger partial charge in [0.05, 0.1) is 4.47 Å². The highest BCUT2D eigenvalue weighted by Crippen LogP contribution is 2.28. The number of amides is 3. The van der Waals surface area contributed by atoms with Gasteiger partial charge >= 0.3 is 6.03 Å². The molecule has 0 aromatic heterocycles. The van der Waals surface area contributed by atoms with E-state index in [2.05, 4.69) is 21.2 Å². The van der Waals surface area contributed by atoms with Crippen molar-refractivity contribution in [2.45, 2.75) is 13.5 Å². The Labute approximate surface area is 158 Å². The van der Waals surface area contributed by atoms with E-state index in [1.807, 2.05) is 0 Å². The summed E-state index contributed by atoms with van der Waals surface area (Å²) >= 11 is 3.41. The Morgan fingerprint density at radius 1 is 1.23 bits per heavy atom. The molecule has 1 saturated heterocycles. The van der Waals surface area contributed by atoms with Crippen LogP contribution in [0.15, 0.2) is 52.6 Å². The molecule has 1 fully saturated rings. The van der Waals surface area contributed by atoms with Crippen LogP contribution in [0.3, 0.4) is 0 Å². The van der Waals surface area contributed by atoms with Crippen molar-refractivity contribution in [1.29, 1.82) is 0 Å². The summed E-state index contributed by atoms with van der Waals surface area (Å²) in [4.78, 5) is 24.9. The van der Waals surface area contributed by atoms with E-state index in [1.54, 1.807) is 49.4 Å². The molecule has 2 aromatic rings. The molecule has 0 atom stereocenters. The molecule has 1 N–H and O–H groups in total. The fourth-order valence-corrected chi connectivity index (χ4v) is 3.03. The van der Waals surface area contributed by atoms with Crippen molar-refractivity contribution in [3.05, 3.63) is 69.6 Å². The molecule has 1 aliphatic rings. The van der Waals surface area contributed by atoms with Crippen molar-refractivity contribution in [3.8, 4) is 5.75 Å². The number of likely N-dealkylation sites (N-methyl/N-ethyl adjacent to an activating group) is 1. The molecule has 3 rings (SSSR count). The summed E-state index contributed by atoms with van der Waals surface area (Å²) in [5.41, 5.74) is 1.41. The fraction of sp³-hybridized carbons (Fsp3) is 0.158. The van der Waals surface area contributed by atoms with E-state index in [1.165, 1.54) is 6.07 Å². The number of carbonyl (C=O) groups excluding carboxylic acids is 2. The topological polar surface area (TPSA) is 58.6 Å². The van der Waals surface area contributed by atoms with Crippen LogP contribution in [-0.4, -0.2) is 23.4 Å². The third kappa shape index (κ3) is 3.77. The Balaban J connectivity index is 1.74. The maximum absolute atomic E-state index is 13.6. The van der Waals surface area contributed by atoms with Gasteiger partial charge in [0.25, 0.3) is 5.91 Å². The van der Waals surface area contributed by atoms with Crippen LogP contribution < -0.4 is 10.1 Å². The van der Waals surface area contributed by atoms with Crippen LogP contribution >= 0.6 is 15.9 Å². The minimum atomic E-state index is -0.423. The number of carbonyl (C=O) groups is 2. The first-order valence-electron chi connectivity index (χ1n) is 8.00. The molecular weight excluding hydrogens is 403 g/mol. The van der Waals surface area contributed by atoms with Crippen LogP contribution in [0.5, 0.6) is 5.75 Å². The van der Waals surface area contributed by atoms with Gasteiger partial charge in [-0.25, -0.2) is 9.18 Å². The summed E-state index contributed by atoms with van der Waals surface area (Å²) in [6.07, 6.45) is 1.60. The van der Waals surface area contributed by atoms with Gasteiger partial charge in [-0.1, -0.05) is 24.3 Å². The van der Waals surface area contributed by atoms with Gasteiger partial charge in [0.2, 0.25) is 0 Å². The summed E-state index contributed by atoms with van der Waals surface area (Å²) in [6.45, 7) is 2.15. The van der Waals surface area contributed by atoms with E-state index in [9.17, 15) is 14.0 Å². The second kappa shape index (κ2) is 7.70. The molecule has 0 saturated carbocycles. The first-order chi connectivity index (χ1) is 12.5. The lowest BCUT2D eigenvalue weighted by Gasteiger charge is -2.10. The van der Waals surface area contributed by atoms with E-state index >= 15 is 0 Å². The second-order valence-corrected chi connectivity index (χ2v) is 6.46. The maximum Gasteiger partial charge on any atom is 0.328 e. The molecule has 0 radical (unpaired) electrons. The molecular formula is C19H16BrFN2O3. The van der Waals surface area contributed by atoms with E-state index in [0.717, 1.165) is 10.5 Å². The Kier molecular flexibility index (Phi) is 5.37. The number of rotatable bonds is 5. The second-order valence-electron chi connectivity index (χ2n) is 5.61. The highest BCUT2D eigenvalue weighted by atomic mass is 79.9. The first-order valence-corrected chi connectivity index (χ1v) is 8.79. The largest absolute Gasteiger partial charge is 0.488 e. The highest BCUT2D eigenvalue weighted by molar-refractivity contribution is 9.10. The van der Waals surface area contributed by atoms with Gasteiger partial charge in [0, 0.05) is 12.1 Å². The number of nitrogens with zero attached hydrogens (tertiary/aromatic N) is 1. The standard InChI is InChI=1S/C19H16BrFN2O3/c1-2-23-18(24)16(22-19(23)25)10-12-7-8-17(14(20)9-12)26-11-13-5-3-4-6-15(13)21/h3-10H,2,11H2,1H3,(H,22,25)/b16-10+. The Morgan fingerprint density at radius 2 is 2.00 bits per heavy atom. The summed E-state index contributed by atoms with van der Waals surface area (Å²) in [7, 11) is 0. The van der Waals surface area contributed by atoms with Gasteiger partial charge in [0.15, 0.2) is 0 Å². The summed E-state index contributed by atoms with van der Waals surface area (Å²) in [5.74, 6) is -0.123. The summed E-state index contributed by atoms with van der Waals surface area (Å²) < 4.78 is 20.0. The first kappa shape index (κ1) is 18.1. The molecule has 2 aromatic carbocycles. The Bertz CT molecular complexity index is 898. The van der Waals surface area contributed by atoms with Crippen LogP contribution in [-0.2, 0) is 11.4 Å². The van der Waals surface area contributed by atoms with Crippen LogP contribution in [0.4, 0.5) is 9.18 Å². The molecule has 5 nitrogen and oxygen atoms in total. The van der Waals surface area contributed by atoms with Crippen molar-refractivity contribution in [1.82, 2.24) is 10.2 Å².